The van der Waals surface area contributed by atoms with E-state index in [-0.39, 0.29) is 6.04 Å². The molecule has 4 rings (SSSR count). The van der Waals surface area contributed by atoms with Gasteiger partial charge in [-0.2, -0.15) is 10.2 Å². The van der Waals surface area contributed by atoms with Crippen LogP contribution in [0.15, 0.2) is 49.1 Å². The summed E-state index contributed by atoms with van der Waals surface area (Å²) in [5, 5.41) is 8.76. The fraction of sp³-hybridized carbons (Fsp3) is 0.263. The van der Waals surface area contributed by atoms with Crippen LogP contribution in [0.3, 0.4) is 0 Å². The van der Waals surface area contributed by atoms with Crippen molar-refractivity contribution >= 4 is 0 Å². The molecule has 0 aliphatic carbocycles. The molecular weight excluding hydrogens is 326 g/mol. The molecule has 3 heterocycles. The summed E-state index contributed by atoms with van der Waals surface area (Å²) in [5.41, 5.74) is 4.17. The molecule has 132 valence electrons. The van der Waals surface area contributed by atoms with Gasteiger partial charge in [-0.05, 0) is 39.0 Å². The van der Waals surface area contributed by atoms with Crippen LogP contribution in [0.1, 0.15) is 30.2 Å². The van der Waals surface area contributed by atoms with Gasteiger partial charge >= 0.3 is 0 Å². The first-order valence-electron chi connectivity index (χ1n) is 8.55. The maximum Gasteiger partial charge on any atom is 0.149 e. The van der Waals surface area contributed by atoms with Gasteiger partial charge in [0.25, 0.3) is 0 Å². The molecule has 0 N–H and O–H groups in total. The predicted octanol–water partition coefficient (Wildman–Crippen LogP) is 3.09. The number of imidazole rings is 1. The Hall–Kier alpha value is -3.22. The Morgan fingerprint density at radius 2 is 1.92 bits per heavy atom. The molecule has 0 aliphatic heterocycles. The van der Waals surface area contributed by atoms with Crippen LogP contribution in [-0.4, -0.2) is 34.1 Å². The highest BCUT2D eigenvalue weighted by molar-refractivity contribution is 5.60. The van der Waals surface area contributed by atoms with E-state index in [1.807, 2.05) is 37.1 Å². The summed E-state index contributed by atoms with van der Waals surface area (Å²) in [6, 6.07) is 10.4. The molecule has 0 spiro atoms. The lowest BCUT2D eigenvalue weighted by Gasteiger charge is -2.16. The van der Waals surface area contributed by atoms with Crippen LogP contribution >= 0.6 is 0 Å². The largest absolute Gasteiger partial charge is 0.321 e. The average molecular weight is 347 g/mol. The first kappa shape index (κ1) is 16.3. The van der Waals surface area contributed by atoms with Crippen molar-refractivity contribution in [2.45, 2.75) is 26.8 Å². The molecule has 0 fully saturated rings. The Morgan fingerprint density at radius 1 is 1.08 bits per heavy atom. The molecule has 0 aliphatic rings. The first-order valence-corrected chi connectivity index (χ1v) is 8.55. The molecule has 7 nitrogen and oxygen atoms in total. The molecule has 4 aromatic rings. The van der Waals surface area contributed by atoms with Crippen molar-refractivity contribution in [3.05, 3.63) is 66.3 Å². The van der Waals surface area contributed by atoms with Gasteiger partial charge in [-0.3, -0.25) is 4.68 Å². The second-order valence-electron chi connectivity index (χ2n) is 6.47. The Balaban J connectivity index is 1.76. The van der Waals surface area contributed by atoms with E-state index in [1.54, 1.807) is 11.0 Å². The summed E-state index contributed by atoms with van der Waals surface area (Å²) in [6.45, 7) is 6.16. The van der Waals surface area contributed by atoms with Crippen LogP contribution in [0.5, 0.6) is 0 Å². The van der Waals surface area contributed by atoms with E-state index in [4.69, 9.17) is 0 Å². The number of aromatic nitrogens is 7. The van der Waals surface area contributed by atoms with Crippen LogP contribution in [0, 0.1) is 13.8 Å². The monoisotopic (exact) mass is 347 g/mol. The predicted molar refractivity (Wildman–Crippen MR) is 99.1 cm³/mol. The zero-order valence-corrected chi connectivity index (χ0v) is 15.3. The third kappa shape index (κ3) is 2.71. The summed E-state index contributed by atoms with van der Waals surface area (Å²) < 4.78 is 5.86. The van der Waals surface area contributed by atoms with E-state index in [2.05, 4.69) is 62.8 Å². The molecule has 3 aromatic heterocycles. The van der Waals surface area contributed by atoms with Crippen molar-refractivity contribution in [3.63, 3.8) is 0 Å². The highest BCUT2D eigenvalue weighted by Gasteiger charge is 2.18. The Labute approximate surface area is 152 Å². The summed E-state index contributed by atoms with van der Waals surface area (Å²) in [7, 11) is 1.90. The van der Waals surface area contributed by atoms with Gasteiger partial charge in [-0.25, -0.2) is 14.6 Å². The SMILES string of the molecule is Cc1cc(C)n(-c2cccc(-c3nccn3C(C)c3ncnn3C)c2)n1. The van der Waals surface area contributed by atoms with Gasteiger partial charge in [-0.15, -0.1) is 0 Å². The van der Waals surface area contributed by atoms with Gasteiger partial charge in [0.15, 0.2) is 0 Å². The molecule has 1 aromatic carbocycles. The van der Waals surface area contributed by atoms with Gasteiger partial charge in [0, 0.05) is 30.7 Å². The van der Waals surface area contributed by atoms with Crippen molar-refractivity contribution in [1.29, 1.82) is 0 Å². The molecule has 0 bridgehead atoms. The highest BCUT2D eigenvalue weighted by atomic mass is 15.3. The van der Waals surface area contributed by atoms with E-state index in [0.717, 1.165) is 34.3 Å². The Morgan fingerprint density at radius 3 is 2.62 bits per heavy atom. The molecule has 26 heavy (non-hydrogen) atoms. The standard InChI is InChI=1S/C19H21N7/c1-13-10-14(2)26(23-13)17-7-5-6-16(11-17)19-20-8-9-25(19)15(3)18-21-12-22-24(18)4/h5-12,15H,1-4H3. The van der Waals surface area contributed by atoms with Gasteiger partial charge < -0.3 is 4.57 Å². The number of hydrogen-bond acceptors (Lipinski definition) is 4. The second-order valence-corrected chi connectivity index (χ2v) is 6.47. The van der Waals surface area contributed by atoms with Crippen molar-refractivity contribution in [1.82, 2.24) is 34.1 Å². The Kier molecular flexibility index (Phi) is 3.91. The molecule has 0 radical (unpaired) electrons. The smallest absolute Gasteiger partial charge is 0.149 e. The molecule has 1 unspecified atom stereocenters. The third-order valence-electron chi connectivity index (χ3n) is 4.56. The van der Waals surface area contributed by atoms with Gasteiger partial charge in [0.1, 0.15) is 18.0 Å². The maximum absolute atomic E-state index is 4.59. The quantitative estimate of drug-likeness (QED) is 0.569. The summed E-state index contributed by atoms with van der Waals surface area (Å²) in [4.78, 5) is 8.96. The fourth-order valence-corrected chi connectivity index (χ4v) is 3.32. The van der Waals surface area contributed by atoms with Crippen molar-refractivity contribution in [3.8, 4) is 17.1 Å². The normalized spacial score (nSPS) is 12.5. The lowest BCUT2D eigenvalue weighted by atomic mass is 10.1. The summed E-state index contributed by atoms with van der Waals surface area (Å²) in [6.07, 6.45) is 5.37. The van der Waals surface area contributed by atoms with Crippen molar-refractivity contribution in [2.24, 2.45) is 7.05 Å². The van der Waals surface area contributed by atoms with Crippen LogP contribution in [0.2, 0.25) is 0 Å². The summed E-state index contributed by atoms with van der Waals surface area (Å²) >= 11 is 0. The van der Waals surface area contributed by atoms with E-state index >= 15 is 0 Å². The van der Waals surface area contributed by atoms with E-state index in [0.29, 0.717) is 0 Å². The minimum Gasteiger partial charge on any atom is -0.321 e. The minimum absolute atomic E-state index is 0.0253. The average Bonchev–Trinajstić information content (AvgIpc) is 3.34. The van der Waals surface area contributed by atoms with E-state index in [9.17, 15) is 0 Å². The Bertz CT molecular complexity index is 1050. The number of rotatable bonds is 4. The van der Waals surface area contributed by atoms with Gasteiger partial charge in [0.2, 0.25) is 0 Å². The van der Waals surface area contributed by atoms with Gasteiger partial charge in [-0.1, -0.05) is 12.1 Å². The fourth-order valence-electron chi connectivity index (χ4n) is 3.32. The minimum atomic E-state index is 0.0253. The third-order valence-corrected chi connectivity index (χ3v) is 4.56. The second kappa shape index (κ2) is 6.25. The lowest BCUT2D eigenvalue weighted by Crippen LogP contribution is -2.13. The summed E-state index contributed by atoms with van der Waals surface area (Å²) in [5.74, 6) is 1.78. The molecule has 0 amide bonds. The van der Waals surface area contributed by atoms with E-state index in [1.165, 1.54) is 0 Å². The lowest BCUT2D eigenvalue weighted by molar-refractivity contribution is 0.560. The zero-order chi connectivity index (χ0) is 18.3. The van der Waals surface area contributed by atoms with E-state index < -0.39 is 0 Å². The van der Waals surface area contributed by atoms with Crippen LogP contribution < -0.4 is 0 Å². The number of benzene rings is 1. The van der Waals surface area contributed by atoms with Crippen molar-refractivity contribution < 1.29 is 0 Å². The van der Waals surface area contributed by atoms with Crippen molar-refractivity contribution in [2.75, 3.05) is 0 Å². The molecule has 7 heteroatoms. The molecule has 1 atom stereocenters. The maximum atomic E-state index is 4.59. The number of aryl methyl sites for hydroxylation is 3. The van der Waals surface area contributed by atoms with Gasteiger partial charge in [0.05, 0.1) is 17.4 Å². The molecule has 0 saturated carbocycles. The first-order chi connectivity index (χ1) is 12.5. The number of hydrogen-bond donors (Lipinski definition) is 0. The number of nitrogens with zero attached hydrogens (tertiary/aromatic N) is 7. The van der Waals surface area contributed by atoms with Crippen LogP contribution in [-0.2, 0) is 7.05 Å². The topological polar surface area (TPSA) is 66.3 Å². The molecular formula is C19H21N7. The highest BCUT2D eigenvalue weighted by Crippen LogP contribution is 2.26. The van der Waals surface area contributed by atoms with Crippen LogP contribution in [0.4, 0.5) is 0 Å². The van der Waals surface area contributed by atoms with Crippen LogP contribution in [0.25, 0.3) is 17.1 Å². The molecule has 0 saturated heterocycles. The zero-order valence-electron chi connectivity index (χ0n) is 15.3.